The first-order valence-electron chi connectivity index (χ1n) is 9.42. The quantitative estimate of drug-likeness (QED) is 0.527. The molecule has 4 rings (SSSR count). The zero-order valence-electron chi connectivity index (χ0n) is 16.1. The van der Waals surface area contributed by atoms with Gasteiger partial charge in [0.2, 0.25) is 5.91 Å². The van der Waals surface area contributed by atoms with Crippen LogP contribution in [0.25, 0.3) is 10.2 Å². The van der Waals surface area contributed by atoms with E-state index in [-0.39, 0.29) is 17.2 Å². The van der Waals surface area contributed by atoms with Crippen molar-refractivity contribution in [3.63, 3.8) is 0 Å². The van der Waals surface area contributed by atoms with Crippen LogP contribution in [-0.4, -0.2) is 21.9 Å². The maximum Gasteiger partial charge on any atom is 0.265 e. The molecule has 0 radical (unpaired) electrons. The number of fused-ring (bicyclic) bond motifs is 3. The maximum atomic E-state index is 12.8. The van der Waals surface area contributed by atoms with E-state index >= 15 is 0 Å². The predicted octanol–water partition coefficient (Wildman–Crippen LogP) is 3.63. The minimum atomic E-state index is -0.699. The van der Waals surface area contributed by atoms with Gasteiger partial charge in [0.15, 0.2) is 0 Å². The molecule has 4 N–H and O–H groups in total. The number of nitrogens with one attached hydrogen (secondary N) is 3. The molecule has 0 bridgehead atoms. The number of rotatable bonds is 3. The monoisotopic (exact) mass is 411 g/mol. The molecule has 0 saturated heterocycles. The van der Waals surface area contributed by atoms with Crippen molar-refractivity contribution in [1.29, 1.82) is 0 Å². The molecule has 7 nitrogen and oxygen atoms in total. The highest BCUT2D eigenvalue weighted by molar-refractivity contribution is 7.18. The van der Waals surface area contributed by atoms with E-state index in [9.17, 15) is 19.5 Å². The van der Waals surface area contributed by atoms with Crippen LogP contribution in [0.2, 0.25) is 0 Å². The SMILES string of the molecule is CC(=O)Nc1cccc(NC(=O)c2c(O)c3c4c(sc3[nH]c2=O)C[C@H](C)CC4)c1. The Bertz CT molecular complexity index is 1190. The van der Waals surface area contributed by atoms with E-state index in [4.69, 9.17) is 0 Å². The highest BCUT2D eigenvalue weighted by Gasteiger charge is 2.27. The Morgan fingerprint density at radius 1 is 1.24 bits per heavy atom. The number of carbonyl (C=O) groups is 2. The van der Waals surface area contributed by atoms with Crippen LogP contribution in [0.15, 0.2) is 29.1 Å². The van der Waals surface area contributed by atoms with Crippen molar-refractivity contribution in [2.45, 2.75) is 33.1 Å². The maximum absolute atomic E-state index is 12.8. The fourth-order valence-electron chi connectivity index (χ4n) is 3.77. The summed E-state index contributed by atoms with van der Waals surface area (Å²) in [5, 5.41) is 16.7. The molecule has 1 atom stereocenters. The van der Waals surface area contributed by atoms with Crippen LogP contribution in [0.1, 0.15) is 41.1 Å². The molecule has 2 heterocycles. The summed E-state index contributed by atoms with van der Waals surface area (Å²) in [5.74, 6) is -0.645. The van der Waals surface area contributed by atoms with E-state index in [1.807, 2.05) is 0 Å². The van der Waals surface area contributed by atoms with E-state index in [0.717, 1.165) is 29.7 Å². The van der Waals surface area contributed by atoms with Crippen molar-refractivity contribution in [3.05, 3.63) is 50.6 Å². The second-order valence-corrected chi connectivity index (χ2v) is 8.55. The number of benzene rings is 1. The number of H-pyrrole nitrogens is 1. The fourth-order valence-corrected chi connectivity index (χ4v) is 5.18. The third-order valence-electron chi connectivity index (χ3n) is 5.11. The molecule has 1 aliphatic rings. The number of carbonyl (C=O) groups excluding carboxylic acids is 2. The van der Waals surface area contributed by atoms with Gasteiger partial charge in [-0.05, 0) is 48.9 Å². The van der Waals surface area contributed by atoms with Crippen LogP contribution >= 0.6 is 11.3 Å². The minimum Gasteiger partial charge on any atom is -0.506 e. The smallest absolute Gasteiger partial charge is 0.265 e. The van der Waals surface area contributed by atoms with Crippen molar-refractivity contribution in [3.8, 4) is 5.75 Å². The lowest BCUT2D eigenvalue weighted by atomic mass is 9.89. The van der Waals surface area contributed by atoms with Gasteiger partial charge >= 0.3 is 0 Å². The van der Waals surface area contributed by atoms with Gasteiger partial charge < -0.3 is 20.7 Å². The molecular formula is C21H21N3O4S. The van der Waals surface area contributed by atoms with E-state index in [1.54, 1.807) is 24.3 Å². The molecule has 0 saturated carbocycles. The summed E-state index contributed by atoms with van der Waals surface area (Å²) in [6.45, 7) is 3.57. The summed E-state index contributed by atoms with van der Waals surface area (Å²) in [7, 11) is 0. The van der Waals surface area contributed by atoms with E-state index in [1.165, 1.54) is 18.3 Å². The summed E-state index contributed by atoms with van der Waals surface area (Å²) in [6, 6.07) is 6.58. The van der Waals surface area contributed by atoms with Crippen LogP contribution in [0, 0.1) is 5.92 Å². The number of amides is 2. The van der Waals surface area contributed by atoms with Gasteiger partial charge in [0.05, 0.1) is 5.39 Å². The van der Waals surface area contributed by atoms with E-state index in [2.05, 4.69) is 22.5 Å². The van der Waals surface area contributed by atoms with Crippen LogP contribution in [0.5, 0.6) is 5.75 Å². The van der Waals surface area contributed by atoms with E-state index in [0.29, 0.717) is 27.5 Å². The van der Waals surface area contributed by atoms with Crippen LogP contribution < -0.4 is 16.2 Å². The zero-order valence-corrected chi connectivity index (χ0v) is 16.9. The molecule has 0 fully saturated rings. The van der Waals surface area contributed by atoms with Crippen molar-refractivity contribution >= 4 is 44.7 Å². The Kier molecular flexibility index (Phi) is 4.87. The summed E-state index contributed by atoms with van der Waals surface area (Å²) >= 11 is 1.48. The number of aryl methyl sites for hydroxylation is 1. The summed E-state index contributed by atoms with van der Waals surface area (Å²) in [5.41, 5.74) is 1.02. The normalized spacial score (nSPS) is 15.7. The first-order valence-corrected chi connectivity index (χ1v) is 10.2. The second-order valence-electron chi connectivity index (χ2n) is 7.45. The van der Waals surface area contributed by atoms with Gasteiger partial charge in [-0.25, -0.2) is 0 Å². The van der Waals surface area contributed by atoms with E-state index < -0.39 is 11.5 Å². The highest BCUT2D eigenvalue weighted by Crippen LogP contribution is 2.41. The van der Waals surface area contributed by atoms with Crippen LogP contribution in [0.3, 0.4) is 0 Å². The Labute approximate surface area is 170 Å². The number of hydrogen-bond donors (Lipinski definition) is 4. The first kappa shape index (κ1) is 19.2. The topological polar surface area (TPSA) is 111 Å². The van der Waals surface area contributed by atoms with Crippen LogP contribution in [-0.2, 0) is 17.6 Å². The summed E-state index contributed by atoms with van der Waals surface area (Å²) in [4.78, 5) is 41.1. The Hall–Kier alpha value is -3.13. The largest absolute Gasteiger partial charge is 0.506 e. The molecule has 1 aromatic carbocycles. The molecule has 29 heavy (non-hydrogen) atoms. The van der Waals surface area contributed by atoms with Crippen molar-refractivity contribution in [1.82, 2.24) is 4.98 Å². The van der Waals surface area contributed by atoms with Gasteiger partial charge in [0, 0.05) is 23.2 Å². The lowest BCUT2D eigenvalue weighted by Gasteiger charge is -2.18. The lowest BCUT2D eigenvalue weighted by molar-refractivity contribution is -0.114. The molecule has 1 aliphatic carbocycles. The molecule has 3 aromatic rings. The highest BCUT2D eigenvalue weighted by atomic mass is 32.1. The van der Waals surface area contributed by atoms with Crippen molar-refractivity contribution in [2.75, 3.05) is 10.6 Å². The summed E-state index contributed by atoms with van der Waals surface area (Å²) in [6.07, 6.45) is 2.73. The third-order valence-corrected chi connectivity index (χ3v) is 6.28. The van der Waals surface area contributed by atoms with Gasteiger partial charge in [-0.2, -0.15) is 0 Å². The molecule has 8 heteroatoms. The average molecular weight is 411 g/mol. The number of aromatic hydroxyl groups is 1. The van der Waals surface area contributed by atoms with Crippen LogP contribution in [0.4, 0.5) is 11.4 Å². The molecule has 0 spiro atoms. The average Bonchev–Trinajstić information content (AvgIpc) is 2.98. The molecular weight excluding hydrogens is 390 g/mol. The third kappa shape index (κ3) is 3.63. The predicted molar refractivity (Wildman–Crippen MR) is 114 cm³/mol. The van der Waals surface area contributed by atoms with Crippen molar-refractivity contribution < 1.29 is 14.7 Å². The molecule has 150 valence electrons. The number of aromatic amines is 1. The Morgan fingerprint density at radius 3 is 2.69 bits per heavy atom. The van der Waals surface area contributed by atoms with Gasteiger partial charge in [-0.3, -0.25) is 14.4 Å². The number of aromatic nitrogens is 1. The number of hydrogen-bond acceptors (Lipinski definition) is 5. The number of pyridine rings is 1. The molecule has 0 unspecified atom stereocenters. The number of thiophene rings is 1. The fraction of sp³-hybridized carbons (Fsp3) is 0.286. The standard InChI is InChI=1S/C21H21N3O4S/c1-10-6-7-14-15(8-10)29-21-16(14)18(26)17(20(28)24-21)19(27)23-13-5-3-4-12(9-13)22-11(2)25/h3-5,9-10H,6-8H2,1-2H3,(H,22,25)(H,23,27)(H2,24,26,28)/t10-/m1/s1. The molecule has 0 aliphatic heterocycles. The van der Waals surface area contributed by atoms with Gasteiger partial charge in [-0.15, -0.1) is 11.3 Å². The summed E-state index contributed by atoms with van der Waals surface area (Å²) < 4.78 is 0. The van der Waals surface area contributed by atoms with Gasteiger partial charge in [0.25, 0.3) is 11.5 Å². The van der Waals surface area contributed by atoms with Gasteiger partial charge in [0.1, 0.15) is 16.1 Å². The minimum absolute atomic E-state index is 0.232. The Balaban J connectivity index is 1.71. The number of anilines is 2. The van der Waals surface area contributed by atoms with Crippen molar-refractivity contribution in [2.24, 2.45) is 5.92 Å². The lowest BCUT2D eigenvalue weighted by Crippen LogP contribution is -2.23. The van der Waals surface area contributed by atoms with Gasteiger partial charge in [-0.1, -0.05) is 13.0 Å². The molecule has 2 aromatic heterocycles. The zero-order chi connectivity index (χ0) is 20.7. The Morgan fingerprint density at radius 2 is 1.97 bits per heavy atom. The molecule has 2 amide bonds. The first-order chi connectivity index (χ1) is 13.8. The second kappa shape index (κ2) is 7.36.